The molecule has 23 atom stereocenters. The van der Waals surface area contributed by atoms with Crippen LogP contribution in [0.3, 0.4) is 0 Å². The van der Waals surface area contributed by atoms with E-state index in [-0.39, 0.29) is 39.6 Å². The average Bonchev–Trinajstić information content (AvgIpc) is 3.24. The molecule has 5 aliphatic carbocycles. The third kappa shape index (κ3) is 7.81. The summed E-state index contributed by atoms with van der Waals surface area (Å²) in [6.45, 7) is 17.4. The van der Waals surface area contributed by atoms with Crippen LogP contribution in [0.5, 0.6) is 0 Å². The lowest BCUT2D eigenvalue weighted by molar-refractivity contribution is -0.373. The van der Waals surface area contributed by atoms with E-state index in [1.54, 1.807) is 5.57 Å². The van der Waals surface area contributed by atoms with E-state index in [1.807, 2.05) is 0 Å². The molecule has 0 aromatic rings. The summed E-state index contributed by atoms with van der Waals surface area (Å²) in [5.74, 6) is 1.07. The van der Waals surface area contributed by atoms with E-state index >= 15 is 0 Å². The summed E-state index contributed by atoms with van der Waals surface area (Å²) in [7, 11) is 0. The Hall–Kier alpha value is -0.900. The van der Waals surface area contributed by atoms with Crippen molar-refractivity contribution >= 4 is 0 Å². The number of allylic oxidation sites excluding steroid dienone is 2. The molecule has 8 aliphatic rings. The first-order chi connectivity index (χ1) is 29.9. The van der Waals surface area contributed by atoms with E-state index in [0.29, 0.717) is 18.3 Å². The Balaban J connectivity index is 1.02. The van der Waals surface area contributed by atoms with Gasteiger partial charge in [0.1, 0.15) is 67.1 Å². The summed E-state index contributed by atoms with van der Waals surface area (Å²) >= 11 is 0. The Morgan fingerprint density at radius 1 is 0.625 bits per heavy atom. The molecular weight excluding hydrogens is 833 g/mol. The highest BCUT2D eigenvalue weighted by molar-refractivity contribution is 5.34. The summed E-state index contributed by atoms with van der Waals surface area (Å²) in [4.78, 5) is 0. The lowest BCUT2D eigenvalue weighted by atomic mass is 9.33. The van der Waals surface area contributed by atoms with Crippen LogP contribution < -0.4 is 0 Å². The minimum atomic E-state index is -1.74. The van der Waals surface area contributed by atoms with Crippen molar-refractivity contribution in [1.82, 2.24) is 0 Å². The molecule has 16 heteroatoms. The molecule has 3 saturated heterocycles. The van der Waals surface area contributed by atoms with Crippen LogP contribution in [0.15, 0.2) is 11.6 Å². The van der Waals surface area contributed by atoms with E-state index in [1.165, 1.54) is 6.92 Å². The number of hydrogen-bond acceptors (Lipinski definition) is 16. The van der Waals surface area contributed by atoms with Gasteiger partial charge in [-0.25, -0.2) is 0 Å². The van der Waals surface area contributed by atoms with Gasteiger partial charge in [0.25, 0.3) is 0 Å². The Kier molecular flexibility index (Phi) is 13.5. The zero-order valence-electron chi connectivity index (χ0n) is 39.2. The summed E-state index contributed by atoms with van der Waals surface area (Å²) < 4.78 is 36.3. The van der Waals surface area contributed by atoms with Gasteiger partial charge in [0.2, 0.25) is 0 Å². The SMILES string of the molecule is C[C@@H]1O[C@@H](O[C@@H]2[C@H](O)[C@@H](O)[C@H](O[C@H]3CC[C@@]4(C)C(CC[C@]5(C)C4CC=C4C6CC(C)(C)CC[C@]6(CO)CC[C@]45C)C3(C)C)O[C@@H]2CO[C@@H]2O[C@H](CO)[C@@H](O)[C@H](O)[C@H]2O)[C@H](O)[C@H](O)[C@H]1O. The summed E-state index contributed by atoms with van der Waals surface area (Å²) in [6, 6.07) is 0. The monoisotopic (exact) mass is 913 g/mol. The van der Waals surface area contributed by atoms with Crippen molar-refractivity contribution in [2.75, 3.05) is 19.8 Å². The van der Waals surface area contributed by atoms with Gasteiger partial charge < -0.3 is 79.5 Å². The van der Waals surface area contributed by atoms with Gasteiger partial charge in [0.05, 0.1) is 25.4 Å². The molecule has 10 N–H and O–H groups in total. The normalized spacial score (nSPS) is 54.7. The minimum Gasteiger partial charge on any atom is -0.396 e. The van der Waals surface area contributed by atoms with Crippen molar-refractivity contribution in [3.63, 3.8) is 0 Å². The van der Waals surface area contributed by atoms with Crippen LogP contribution in [-0.2, 0) is 28.4 Å². The summed E-state index contributed by atoms with van der Waals surface area (Å²) in [5.41, 5.74) is 1.46. The molecule has 3 aliphatic heterocycles. The molecule has 7 fully saturated rings. The van der Waals surface area contributed by atoms with Crippen LogP contribution in [0.4, 0.5) is 0 Å². The molecule has 4 saturated carbocycles. The lowest BCUT2D eigenvalue weighted by Gasteiger charge is -2.71. The molecule has 0 aromatic carbocycles. The van der Waals surface area contributed by atoms with Gasteiger partial charge in [-0.2, -0.15) is 0 Å². The standard InChI is InChI=1S/C48H80O16/c1-23-31(51)33(53)37(57)41(60-23)64-39-27(21-59-40-36(56)34(54)32(52)26(20-49)61-40)62-42(38(58)35(39)55)63-30-12-13-45(6)28(44(30,4)5)11-14-47(8)29(45)10-9-24-25-19-43(2,3)15-17-48(25,22-50)18-16-46(24,47)7/h9,23,25-42,49-58H,10-22H2,1-8H3/t23-,25?,26+,27+,28?,29?,30-,31-,32+,33+,34-,35+,36+,37+,38+,39-,40+,41-,42-,45-,46+,47+,48+/m0/s1. The van der Waals surface area contributed by atoms with Crippen molar-refractivity contribution in [3.8, 4) is 0 Å². The second-order valence-corrected chi connectivity index (χ2v) is 23.6. The van der Waals surface area contributed by atoms with E-state index in [0.717, 1.165) is 57.8 Å². The van der Waals surface area contributed by atoms with E-state index < -0.39 is 117 Å². The highest BCUT2D eigenvalue weighted by atomic mass is 16.8. The quantitative estimate of drug-likeness (QED) is 0.117. The maximum absolute atomic E-state index is 11.8. The number of aliphatic hydroxyl groups is 10. The first-order valence-electron chi connectivity index (χ1n) is 24.2. The maximum atomic E-state index is 11.8. The van der Waals surface area contributed by atoms with Gasteiger partial charge >= 0.3 is 0 Å². The van der Waals surface area contributed by atoms with Crippen molar-refractivity contribution in [2.45, 2.75) is 218 Å². The molecule has 0 radical (unpaired) electrons. The predicted octanol–water partition coefficient (Wildman–Crippen LogP) is 1.64. The predicted molar refractivity (Wildman–Crippen MR) is 229 cm³/mol. The van der Waals surface area contributed by atoms with Crippen LogP contribution in [0.25, 0.3) is 0 Å². The molecule has 8 rings (SSSR count). The maximum Gasteiger partial charge on any atom is 0.187 e. The Morgan fingerprint density at radius 2 is 1.25 bits per heavy atom. The zero-order chi connectivity index (χ0) is 46.7. The first kappa shape index (κ1) is 49.5. The first-order valence-corrected chi connectivity index (χ1v) is 24.2. The van der Waals surface area contributed by atoms with Crippen LogP contribution in [0.1, 0.15) is 120 Å². The van der Waals surface area contributed by atoms with E-state index in [4.69, 9.17) is 28.4 Å². The molecule has 0 amide bonds. The van der Waals surface area contributed by atoms with Crippen LogP contribution in [0, 0.1) is 50.2 Å². The Bertz CT molecular complexity index is 1690. The molecular formula is C48H80O16. The second-order valence-electron chi connectivity index (χ2n) is 23.6. The highest BCUT2D eigenvalue weighted by Gasteiger charge is 2.69. The zero-order valence-corrected chi connectivity index (χ0v) is 39.2. The lowest BCUT2D eigenvalue weighted by Crippen LogP contribution is -2.66. The van der Waals surface area contributed by atoms with Crippen molar-refractivity contribution in [1.29, 1.82) is 0 Å². The minimum absolute atomic E-state index is 0.0221. The van der Waals surface area contributed by atoms with E-state index in [9.17, 15) is 51.1 Å². The molecule has 0 spiro atoms. The van der Waals surface area contributed by atoms with Gasteiger partial charge in [-0.15, -0.1) is 0 Å². The molecule has 64 heavy (non-hydrogen) atoms. The van der Waals surface area contributed by atoms with Crippen LogP contribution >= 0.6 is 0 Å². The van der Waals surface area contributed by atoms with Crippen LogP contribution in [0.2, 0.25) is 0 Å². The molecule has 0 aromatic heterocycles. The third-order valence-electron chi connectivity index (χ3n) is 19.4. The largest absolute Gasteiger partial charge is 0.396 e. The molecule has 16 nitrogen and oxygen atoms in total. The number of hydrogen-bond donors (Lipinski definition) is 10. The highest BCUT2D eigenvalue weighted by Crippen LogP contribution is 2.76. The average molecular weight is 913 g/mol. The third-order valence-corrected chi connectivity index (χ3v) is 19.4. The van der Waals surface area contributed by atoms with Gasteiger partial charge in [0, 0.05) is 12.0 Å². The van der Waals surface area contributed by atoms with Crippen LogP contribution in [-0.4, -0.2) is 169 Å². The fourth-order valence-electron chi connectivity index (χ4n) is 15.0. The van der Waals surface area contributed by atoms with Gasteiger partial charge in [-0.1, -0.05) is 60.1 Å². The fourth-order valence-corrected chi connectivity index (χ4v) is 15.0. The van der Waals surface area contributed by atoms with Gasteiger partial charge in [-0.3, -0.25) is 0 Å². The number of fused-ring (bicyclic) bond motifs is 7. The van der Waals surface area contributed by atoms with Gasteiger partial charge in [0.15, 0.2) is 18.9 Å². The topological polar surface area (TPSA) is 258 Å². The molecule has 3 heterocycles. The van der Waals surface area contributed by atoms with Crippen molar-refractivity contribution in [3.05, 3.63) is 11.6 Å². The number of rotatable bonds is 9. The van der Waals surface area contributed by atoms with Crippen molar-refractivity contribution in [2.24, 2.45) is 50.2 Å². The number of ether oxygens (including phenoxy) is 6. The van der Waals surface area contributed by atoms with E-state index in [2.05, 4.69) is 54.5 Å². The number of aliphatic hydroxyl groups excluding tert-OH is 10. The summed E-state index contributed by atoms with van der Waals surface area (Å²) in [5, 5.41) is 107. The molecule has 0 bridgehead atoms. The Labute approximate surface area is 378 Å². The van der Waals surface area contributed by atoms with Crippen molar-refractivity contribution < 1.29 is 79.5 Å². The smallest absolute Gasteiger partial charge is 0.187 e. The Morgan fingerprint density at radius 3 is 1.94 bits per heavy atom. The summed E-state index contributed by atoms with van der Waals surface area (Å²) in [6.07, 6.45) is -10.5. The fraction of sp³-hybridized carbons (Fsp3) is 0.958. The second kappa shape index (κ2) is 17.5. The van der Waals surface area contributed by atoms with Gasteiger partial charge in [-0.05, 0) is 116 Å². The molecule has 3 unspecified atom stereocenters. The molecule has 368 valence electrons.